The van der Waals surface area contributed by atoms with Crippen LogP contribution in [0.4, 0.5) is 5.13 Å². The van der Waals surface area contributed by atoms with Crippen LogP contribution in [-0.4, -0.2) is 30.8 Å². The zero-order valence-corrected chi connectivity index (χ0v) is 16.5. The number of ether oxygens (including phenoxy) is 1. The van der Waals surface area contributed by atoms with Gasteiger partial charge in [-0.05, 0) is 49.6 Å². The van der Waals surface area contributed by atoms with Crippen molar-refractivity contribution < 1.29 is 9.53 Å². The number of hydrogen-bond donors (Lipinski definition) is 0. The van der Waals surface area contributed by atoms with E-state index >= 15 is 0 Å². The first-order valence-electron chi connectivity index (χ1n) is 7.67. The molecule has 0 aliphatic heterocycles. The second-order valence-corrected chi connectivity index (χ2v) is 7.55. The highest BCUT2D eigenvalue weighted by atomic mass is 35.5. The van der Waals surface area contributed by atoms with Gasteiger partial charge in [-0.3, -0.25) is 9.69 Å². The lowest BCUT2D eigenvalue weighted by molar-refractivity contribution is 0.0985. The SMILES string of the molecule is CCN(C(=O)c1ccc(SC)cc1OC)c1nc2cc(Cl)ccc2s1. The topological polar surface area (TPSA) is 42.4 Å². The van der Waals surface area contributed by atoms with Crippen LogP contribution in [0.1, 0.15) is 17.3 Å². The van der Waals surface area contributed by atoms with Gasteiger partial charge < -0.3 is 4.74 Å². The van der Waals surface area contributed by atoms with E-state index in [0.29, 0.717) is 28.0 Å². The van der Waals surface area contributed by atoms with Gasteiger partial charge in [0.1, 0.15) is 5.75 Å². The first kappa shape index (κ1) is 18.0. The van der Waals surface area contributed by atoms with Crippen LogP contribution >= 0.6 is 34.7 Å². The normalized spacial score (nSPS) is 10.9. The molecule has 1 heterocycles. The number of thioether (sulfide) groups is 1. The van der Waals surface area contributed by atoms with Crippen molar-refractivity contribution in [1.82, 2.24) is 4.98 Å². The quantitative estimate of drug-likeness (QED) is 0.549. The zero-order chi connectivity index (χ0) is 18.0. The number of halogens is 1. The maximum atomic E-state index is 13.1. The Morgan fingerprint density at radius 2 is 2.12 bits per heavy atom. The van der Waals surface area contributed by atoms with Gasteiger partial charge >= 0.3 is 0 Å². The molecule has 0 saturated heterocycles. The summed E-state index contributed by atoms with van der Waals surface area (Å²) in [6.45, 7) is 2.44. The van der Waals surface area contributed by atoms with Gasteiger partial charge in [-0.15, -0.1) is 11.8 Å². The molecule has 1 amide bonds. The van der Waals surface area contributed by atoms with E-state index in [0.717, 1.165) is 15.1 Å². The lowest BCUT2D eigenvalue weighted by Gasteiger charge is -2.19. The van der Waals surface area contributed by atoms with Gasteiger partial charge in [-0.25, -0.2) is 4.98 Å². The number of amides is 1. The van der Waals surface area contributed by atoms with Crippen molar-refractivity contribution >= 4 is 56.0 Å². The summed E-state index contributed by atoms with van der Waals surface area (Å²) in [5.74, 6) is 0.441. The maximum Gasteiger partial charge on any atom is 0.263 e. The van der Waals surface area contributed by atoms with Gasteiger partial charge in [0.25, 0.3) is 5.91 Å². The first-order chi connectivity index (χ1) is 12.1. The van der Waals surface area contributed by atoms with Crippen LogP contribution in [0.15, 0.2) is 41.3 Å². The molecule has 0 atom stereocenters. The molecule has 1 aromatic heterocycles. The smallest absolute Gasteiger partial charge is 0.263 e. The molecule has 0 unspecified atom stereocenters. The van der Waals surface area contributed by atoms with Crippen LogP contribution in [0.3, 0.4) is 0 Å². The molecule has 7 heteroatoms. The van der Waals surface area contributed by atoms with Crippen LogP contribution in [-0.2, 0) is 0 Å². The van der Waals surface area contributed by atoms with E-state index in [2.05, 4.69) is 4.98 Å². The van der Waals surface area contributed by atoms with E-state index in [9.17, 15) is 4.79 Å². The Hall–Kier alpha value is -1.76. The summed E-state index contributed by atoms with van der Waals surface area (Å²) in [4.78, 5) is 20.4. The van der Waals surface area contributed by atoms with E-state index in [1.54, 1.807) is 29.8 Å². The summed E-state index contributed by atoms with van der Waals surface area (Å²) in [5, 5.41) is 1.29. The maximum absolute atomic E-state index is 13.1. The molecule has 130 valence electrons. The molecule has 2 aromatic carbocycles. The van der Waals surface area contributed by atoms with Gasteiger partial charge in [0.05, 0.1) is 22.9 Å². The minimum atomic E-state index is -0.128. The number of thiazole rings is 1. The fourth-order valence-electron chi connectivity index (χ4n) is 2.49. The minimum absolute atomic E-state index is 0.128. The van der Waals surface area contributed by atoms with Crippen molar-refractivity contribution in [2.45, 2.75) is 11.8 Å². The van der Waals surface area contributed by atoms with E-state index in [4.69, 9.17) is 16.3 Å². The van der Waals surface area contributed by atoms with Crippen LogP contribution in [0.2, 0.25) is 5.02 Å². The standard InChI is InChI=1S/C18H17ClN2O2S2/c1-4-21(18-20-14-9-11(19)5-8-16(14)25-18)17(22)13-7-6-12(24-3)10-15(13)23-2/h5-10H,4H2,1-3H3. The van der Waals surface area contributed by atoms with Crippen LogP contribution in [0.25, 0.3) is 10.2 Å². The molecular formula is C18H17ClN2O2S2. The average molecular weight is 393 g/mol. The molecular weight excluding hydrogens is 376 g/mol. The molecule has 3 aromatic rings. The van der Waals surface area contributed by atoms with Crippen LogP contribution in [0, 0.1) is 0 Å². The number of nitrogens with zero attached hydrogens (tertiary/aromatic N) is 2. The molecule has 0 radical (unpaired) electrons. The van der Waals surface area contributed by atoms with E-state index in [-0.39, 0.29) is 5.91 Å². The average Bonchev–Trinajstić information content (AvgIpc) is 3.04. The zero-order valence-electron chi connectivity index (χ0n) is 14.1. The molecule has 0 aliphatic rings. The van der Waals surface area contributed by atoms with Crippen molar-refractivity contribution in [3.05, 3.63) is 47.0 Å². The Kier molecular flexibility index (Phi) is 5.51. The van der Waals surface area contributed by atoms with E-state index in [1.165, 1.54) is 11.3 Å². The Labute approximate surface area is 159 Å². The number of anilines is 1. The summed E-state index contributed by atoms with van der Waals surface area (Å²) >= 11 is 9.11. The second kappa shape index (κ2) is 7.64. The van der Waals surface area contributed by atoms with Crippen LogP contribution < -0.4 is 9.64 Å². The third kappa shape index (κ3) is 3.61. The molecule has 0 bridgehead atoms. The number of benzene rings is 2. The molecule has 4 nitrogen and oxygen atoms in total. The number of methoxy groups -OCH3 is 1. The van der Waals surface area contributed by atoms with Crippen LogP contribution in [0.5, 0.6) is 5.75 Å². The van der Waals surface area contributed by atoms with Gasteiger partial charge in [0, 0.05) is 16.5 Å². The highest BCUT2D eigenvalue weighted by molar-refractivity contribution is 7.98. The monoisotopic (exact) mass is 392 g/mol. The highest BCUT2D eigenvalue weighted by Crippen LogP contribution is 2.33. The van der Waals surface area contributed by atoms with Crippen molar-refractivity contribution in [3.8, 4) is 5.75 Å². The first-order valence-corrected chi connectivity index (χ1v) is 10.1. The largest absolute Gasteiger partial charge is 0.496 e. The number of hydrogen-bond acceptors (Lipinski definition) is 5. The third-order valence-electron chi connectivity index (χ3n) is 3.77. The summed E-state index contributed by atoms with van der Waals surface area (Å²) in [6, 6.07) is 11.2. The Balaban J connectivity index is 2.00. The molecule has 25 heavy (non-hydrogen) atoms. The number of carbonyl (C=O) groups is 1. The number of rotatable bonds is 5. The molecule has 0 saturated carbocycles. The lowest BCUT2D eigenvalue weighted by Crippen LogP contribution is -2.30. The summed E-state index contributed by atoms with van der Waals surface area (Å²) in [6.07, 6.45) is 1.99. The fraction of sp³-hybridized carbons (Fsp3) is 0.222. The summed E-state index contributed by atoms with van der Waals surface area (Å²) in [7, 11) is 1.58. The fourth-order valence-corrected chi connectivity index (χ4v) is 4.09. The lowest BCUT2D eigenvalue weighted by atomic mass is 10.1. The van der Waals surface area contributed by atoms with Crippen molar-refractivity contribution in [2.24, 2.45) is 0 Å². The Bertz CT molecular complexity index is 927. The van der Waals surface area contributed by atoms with Crippen molar-refractivity contribution in [2.75, 3.05) is 24.8 Å². The van der Waals surface area contributed by atoms with Crippen molar-refractivity contribution in [1.29, 1.82) is 0 Å². The summed E-state index contributed by atoms with van der Waals surface area (Å²) < 4.78 is 6.41. The number of carbonyl (C=O) groups excluding carboxylic acids is 1. The van der Waals surface area contributed by atoms with E-state index < -0.39 is 0 Å². The summed E-state index contributed by atoms with van der Waals surface area (Å²) in [5.41, 5.74) is 1.32. The molecule has 0 aliphatic carbocycles. The van der Waals surface area contributed by atoms with Gasteiger partial charge in [0.2, 0.25) is 0 Å². The van der Waals surface area contributed by atoms with Crippen molar-refractivity contribution in [3.63, 3.8) is 0 Å². The highest BCUT2D eigenvalue weighted by Gasteiger charge is 2.23. The predicted octanol–water partition coefficient (Wildman–Crippen LogP) is 5.35. The van der Waals surface area contributed by atoms with E-state index in [1.807, 2.05) is 43.5 Å². The van der Waals surface area contributed by atoms with Gasteiger partial charge in [-0.1, -0.05) is 22.9 Å². The third-order valence-corrected chi connectivity index (χ3v) is 5.79. The molecule has 3 rings (SSSR count). The predicted molar refractivity (Wildman–Crippen MR) is 107 cm³/mol. The molecule has 0 spiro atoms. The Morgan fingerprint density at radius 1 is 1.32 bits per heavy atom. The number of fused-ring (bicyclic) bond motifs is 1. The van der Waals surface area contributed by atoms with Gasteiger partial charge in [-0.2, -0.15) is 0 Å². The number of aromatic nitrogens is 1. The molecule has 0 N–H and O–H groups in total. The Morgan fingerprint density at radius 3 is 2.80 bits per heavy atom. The minimum Gasteiger partial charge on any atom is -0.496 e. The van der Waals surface area contributed by atoms with Gasteiger partial charge in [0.15, 0.2) is 5.13 Å². The molecule has 0 fully saturated rings. The second-order valence-electron chi connectivity index (χ2n) is 5.22.